The lowest BCUT2D eigenvalue weighted by Gasteiger charge is -2.25. The van der Waals surface area contributed by atoms with Crippen molar-refractivity contribution < 1.29 is 23.1 Å². The van der Waals surface area contributed by atoms with Crippen molar-refractivity contribution in [3.8, 4) is 0 Å². The van der Waals surface area contributed by atoms with Crippen LogP contribution in [0.2, 0.25) is 0 Å². The maximum absolute atomic E-state index is 12.5. The number of sulfonamides is 1. The van der Waals surface area contributed by atoms with Gasteiger partial charge in [0, 0.05) is 26.9 Å². The fourth-order valence-electron chi connectivity index (χ4n) is 2.43. The van der Waals surface area contributed by atoms with Crippen LogP contribution in [-0.2, 0) is 21.8 Å². The van der Waals surface area contributed by atoms with Gasteiger partial charge in [0.25, 0.3) is 0 Å². The molecule has 1 fully saturated rings. The Morgan fingerprint density at radius 2 is 2.20 bits per heavy atom. The number of aromatic carboxylic acids is 1. The highest BCUT2D eigenvalue weighted by Gasteiger charge is 2.36. The number of nitrogens with zero attached hydrogens (tertiary/aromatic N) is 2. The highest BCUT2D eigenvalue weighted by Crippen LogP contribution is 2.25. The van der Waals surface area contributed by atoms with E-state index in [1.54, 1.807) is 0 Å². The Bertz CT molecular complexity index is 622. The molecule has 2 unspecified atom stereocenters. The van der Waals surface area contributed by atoms with E-state index in [1.165, 1.54) is 35.2 Å². The number of rotatable bonds is 4. The molecular formula is C12H18N2O5S. The van der Waals surface area contributed by atoms with Crippen LogP contribution in [-0.4, -0.2) is 54.2 Å². The molecule has 2 heterocycles. The average molecular weight is 302 g/mol. The lowest BCUT2D eigenvalue weighted by atomic mass is 10.2. The monoisotopic (exact) mass is 302 g/mol. The largest absolute Gasteiger partial charge is 0.477 e. The third kappa shape index (κ3) is 2.46. The van der Waals surface area contributed by atoms with Crippen LogP contribution in [0.3, 0.4) is 0 Å². The number of ether oxygens (including phenoxy) is 1. The third-order valence-corrected chi connectivity index (χ3v) is 5.53. The highest BCUT2D eigenvalue weighted by atomic mass is 32.2. The van der Waals surface area contributed by atoms with E-state index in [9.17, 15) is 13.2 Å². The number of carbonyl (C=O) groups is 1. The maximum atomic E-state index is 12.5. The Balaban J connectivity index is 2.35. The zero-order chi connectivity index (χ0) is 15.1. The van der Waals surface area contributed by atoms with Crippen molar-refractivity contribution in [2.75, 3.05) is 13.7 Å². The molecule has 1 aliphatic heterocycles. The SMILES string of the molecule is CC1OCCC1N(C)S(=O)(=O)c1cc(C(=O)O)n(C)c1. The van der Waals surface area contributed by atoms with Crippen LogP contribution >= 0.6 is 0 Å². The summed E-state index contributed by atoms with van der Waals surface area (Å²) in [5, 5.41) is 8.99. The number of aryl methyl sites for hydroxylation is 1. The third-order valence-electron chi connectivity index (χ3n) is 3.68. The van der Waals surface area contributed by atoms with Gasteiger partial charge in [0.2, 0.25) is 10.0 Å². The number of carboxylic acid groups (broad SMARTS) is 1. The molecule has 20 heavy (non-hydrogen) atoms. The van der Waals surface area contributed by atoms with Crippen LogP contribution in [0.4, 0.5) is 0 Å². The molecule has 0 saturated carbocycles. The van der Waals surface area contributed by atoms with Gasteiger partial charge in [0.05, 0.1) is 12.1 Å². The Labute approximate surface area is 117 Å². The van der Waals surface area contributed by atoms with E-state index in [-0.39, 0.29) is 22.7 Å². The van der Waals surface area contributed by atoms with Crippen molar-refractivity contribution in [3.05, 3.63) is 18.0 Å². The molecule has 8 heteroatoms. The summed E-state index contributed by atoms with van der Waals surface area (Å²) in [5.74, 6) is -1.16. The summed E-state index contributed by atoms with van der Waals surface area (Å²) in [6.45, 7) is 2.36. The molecule has 2 rings (SSSR count). The fraction of sp³-hybridized carbons (Fsp3) is 0.583. The van der Waals surface area contributed by atoms with Crippen LogP contribution < -0.4 is 0 Å². The lowest BCUT2D eigenvalue weighted by Crippen LogP contribution is -2.40. The molecule has 0 aliphatic carbocycles. The molecule has 0 aromatic carbocycles. The van der Waals surface area contributed by atoms with Crippen LogP contribution in [0.1, 0.15) is 23.8 Å². The molecule has 112 valence electrons. The van der Waals surface area contributed by atoms with Gasteiger partial charge in [-0.1, -0.05) is 0 Å². The fourth-order valence-corrected chi connectivity index (χ4v) is 3.95. The van der Waals surface area contributed by atoms with Gasteiger partial charge in [-0.3, -0.25) is 0 Å². The molecular weight excluding hydrogens is 284 g/mol. The van der Waals surface area contributed by atoms with Gasteiger partial charge in [-0.2, -0.15) is 4.31 Å². The second-order valence-electron chi connectivity index (χ2n) is 4.93. The lowest BCUT2D eigenvalue weighted by molar-refractivity contribution is 0.0686. The number of hydrogen-bond donors (Lipinski definition) is 1. The Hall–Kier alpha value is -1.38. The molecule has 2 atom stereocenters. The Morgan fingerprint density at radius 3 is 2.65 bits per heavy atom. The quantitative estimate of drug-likeness (QED) is 0.876. The van der Waals surface area contributed by atoms with E-state index in [1.807, 2.05) is 6.92 Å². The smallest absolute Gasteiger partial charge is 0.352 e. The zero-order valence-corrected chi connectivity index (χ0v) is 12.4. The summed E-state index contributed by atoms with van der Waals surface area (Å²) in [6, 6.07) is 0.947. The van der Waals surface area contributed by atoms with Crippen LogP contribution in [0, 0.1) is 0 Å². The van der Waals surface area contributed by atoms with Gasteiger partial charge in [0.1, 0.15) is 10.6 Å². The minimum atomic E-state index is -3.72. The molecule has 0 amide bonds. The second-order valence-corrected chi connectivity index (χ2v) is 6.93. The molecule has 1 aliphatic rings. The molecule has 1 aromatic heterocycles. The normalized spacial score (nSPS) is 23.4. The number of likely N-dealkylation sites (N-methyl/N-ethyl adjacent to an activating group) is 1. The van der Waals surface area contributed by atoms with Gasteiger partial charge >= 0.3 is 5.97 Å². The van der Waals surface area contributed by atoms with Crippen molar-refractivity contribution in [1.82, 2.24) is 8.87 Å². The second kappa shape index (κ2) is 5.19. The van der Waals surface area contributed by atoms with E-state index in [0.717, 1.165) is 0 Å². The summed E-state index contributed by atoms with van der Waals surface area (Å²) in [7, 11) is -0.719. The van der Waals surface area contributed by atoms with Gasteiger partial charge in [-0.15, -0.1) is 0 Å². The van der Waals surface area contributed by atoms with Crippen LogP contribution in [0.25, 0.3) is 0 Å². The molecule has 7 nitrogen and oxygen atoms in total. The van der Waals surface area contributed by atoms with E-state index in [0.29, 0.717) is 13.0 Å². The minimum Gasteiger partial charge on any atom is -0.477 e. The first-order valence-electron chi connectivity index (χ1n) is 6.24. The standard InChI is InChI=1S/C12H18N2O5S/c1-8-10(4-5-19-8)14(3)20(17,18)9-6-11(12(15)16)13(2)7-9/h6-8,10H,4-5H2,1-3H3,(H,15,16). The predicted octanol–water partition coefficient (Wildman–Crippen LogP) is 0.521. The van der Waals surface area contributed by atoms with E-state index in [4.69, 9.17) is 9.84 Å². The van der Waals surface area contributed by atoms with Gasteiger partial charge in [0.15, 0.2) is 0 Å². The molecule has 0 spiro atoms. The predicted molar refractivity (Wildman–Crippen MR) is 71.1 cm³/mol. The number of aromatic nitrogens is 1. The summed E-state index contributed by atoms with van der Waals surface area (Å²) in [6.07, 6.45) is 1.78. The molecule has 0 radical (unpaired) electrons. The number of hydrogen-bond acceptors (Lipinski definition) is 4. The first-order valence-corrected chi connectivity index (χ1v) is 7.68. The van der Waals surface area contributed by atoms with Crippen molar-refractivity contribution in [2.45, 2.75) is 30.4 Å². The number of carboxylic acids is 1. The van der Waals surface area contributed by atoms with E-state index in [2.05, 4.69) is 0 Å². The van der Waals surface area contributed by atoms with Crippen molar-refractivity contribution in [1.29, 1.82) is 0 Å². The first kappa shape index (κ1) is 15.0. The van der Waals surface area contributed by atoms with Crippen molar-refractivity contribution in [3.63, 3.8) is 0 Å². The highest BCUT2D eigenvalue weighted by molar-refractivity contribution is 7.89. The topological polar surface area (TPSA) is 88.8 Å². The molecule has 1 N–H and O–H groups in total. The van der Waals surface area contributed by atoms with Gasteiger partial charge in [-0.25, -0.2) is 13.2 Å². The van der Waals surface area contributed by atoms with Crippen molar-refractivity contribution in [2.24, 2.45) is 7.05 Å². The average Bonchev–Trinajstić information content (AvgIpc) is 2.94. The van der Waals surface area contributed by atoms with E-state index >= 15 is 0 Å². The van der Waals surface area contributed by atoms with Gasteiger partial charge < -0.3 is 14.4 Å². The first-order chi connectivity index (χ1) is 9.25. The maximum Gasteiger partial charge on any atom is 0.352 e. The summed E-state index contributed by atoms with van der Waals surface area (Å²) < 4.78 is 33.0. The Kier molecular flexibility index (Phi) is 3.90. The van der Waals surface area contributed by atoms with Crippen LogP contribution in [0.15, 0.2) is 17.2 Å². The van der Waals surface area contributed by atoms with Crippen molar-refractivity contribution >= 4 is 16.0 Å². The molecule has 0 bridgehead atoms. The molecule has 1 aromatic rings. The Morgan fingerprint density at radius 1 is 1.55 bits per heavy atom. The van der Waals surface area contributed by atoms with Crippen LogP contribution in [0.5, 0.6) is 0 Å². The summed E-state index contributed by atoms with van der Waals surface area (Å²) in [5.41, 5.74) is -0.0623. The van der Waals surface area contributed by atoms with Gasteiger partial charge in [-0.05, 0) is 19.4 Å². The summed E-state index contributed by atoms with van der Waals surface area (Å²) >= 11 is 0. The minimum absolute atomic E-state index is 0.0148. The molecule has 1 saturated heterocycles. The van der Waals surface area contributed by atoms with E-state index < -0.39 is 16.0 Å². The summed E-state index contributed by atoms with van der Waals surface area (Å²) in [4.78, 5) is 11.0. The zero-order valence-electron chi connectivity index (χ0n) is 11.6.